The number of hydrogen-bond donors (Lipinski definition) is 0. The van der Waals surface area contributed by atoms with Crippen LogP contribution in [-0.2, 0) is 4.74 Å². The quantitative estimate of drug-likeness (QED) is 0.795. The van der Waals surface area contributed by atoms with Gasteiger partial charge in [-0.05, 0) is 60.4 Å². The fourth-order valence-electron chi connectivity index (χ4n) is 4.07. The topological polar surface area (TPSA) is 32.8 Å². The number of halogens is 1. The van der Waals surface area contributed by atoms with E-state index in [2.05, 4.69) is 29.2 Å². The van der Waals surface area contributed by atoms with E-state index in [4.69, 9.17) is 4.74 Å². The Labute approximate surface area is 165 Å². The molecule has 0 N–H and O–H groups in total. The molecule has 4 nitrogen and oxygen atoms in total. The highest BCUT2D eigenvalue weighted by Gasteiger charge is 2.42. The van der Waals surface area contributed by atoms with E-state index >= 15 is 0 Å². The predicted octanol–water partition coefficient (Wildman–Crippen LogP) is 4.33. The second kappa shape index (κ2) is 7.30. The van der Waals surface area contributed by atoms with Gasteiger partial charge >= 0.3 is 0 Å². The van der Waals surface area contributed by atoms with Gasteiger partial charge in [0, 0.05) is 38.3 Å². The monoisotopic (exact) mass is 380 g/mol. The number of hydrogen-bond acceptors (Lipinski definition) is 3. The van der Waals surface area contributed by atoms with Gasteiger partial charge in [0.25, 0.3) is 5.91 Å². The van der Waals surface area contributed by atoms with Crippen LogP contribution >= 0.6 is 0 Å². The van der Waals surface area contributed by atoms with Crippen molar-refractivity contribution in [2.45, 2.75) is 24.9 Å². The molecule has 0 aromatic heterocycles. The molecule has 2 aromatic carbocycles. The van der Waals surface area contributed by atoms with E-state index in [1.165, 1.54) is 17.7 Å². The minimum Gasteiger partial charge on any atom is -0.492 e. The van der Waals surface area contributed by atoms with Crippen LogP contribution in [0.25, 0.3) is 5.57 Å². The minimum absolute atomic E-state index is 0.0641. The fraction of sp³-hybridized carbons (Fsp3) is 0.348. The van der Waals surface area contributed by atoms with Crippen LogP contribution in [0, 0.1) is 5.82 Å². The molecular weight excluding hydrogens is 355 g/mol. The van der Waals surface area contributed by atoms with Crippen LogP contribution in [0.5, 0.6) is 0 Å². The summed E-state index contributed by atoms with van der Waals surface area (Å²) in [6.07, 6.45) is 4.47. The number of ether oxygens (including phenoxy) is 1. The first-order valence-electron chi connectivity index (χ1n) is 9.65. The van der Waals surface area contributed by atoms with Gasteiger partial charge in [0.15, 0.2) is 0 Å². The number of benzene rings is 2. The summed E-state index contributed by atoms with van der Waals surface area (Å²) >= 11 is 0. The zero-order chi connectivity index (χ0) is 19.7. The lowest BCUT2D eigenvalue weighted by atomic mass is 9.86. The number of likely N-dealkylation sites (tertiary alicyclic amines) is 1. The van der Waals surface area contributed by atoms with Crippen LogP contribution in [0.3, 0.4) is 0 Å². The molecule has 0 aliphatic carbocycles. The number of carbonyl (C=O) groups excluding carboxylic acids is 1. The van der Waals surface area contributed by atoms with E-state index in [9.17, 15) is 9.18 Å². The molecule has 0 radical (unpaired) electrons. The summed E-state index contributed by atoms with van der Waals surface area (Å²) in [5.74, 6) is -0.398. The number of piperidine rings is 1. The lowest BCUT2D eigenvalue weighted by molar-refractivity contribution is -0.0190. The Kier molecular flexibility index (Phi) is 4.84. The largest absolute Gasteiger partial charge is 0.492 e. The third-order valence-corrected chi connectivity index (χ3v) is 5.61. The summed E-state index contributed by atoms with van der Waals surface area (Å²) in [4.78, 5) is 16.8. The minimum atomic E-state index is -0.364. The maximum atomic E-state index is 13.2. The Bertz CT molecular complexity index is 907. The molecule has 1 saturated heterocycles. The molecule has 0 saturated carbocycles. The smallest absolute Gasteiger partial charge is 0.253 e. The van der Waals surface area contributed by atoms with Crippen molar-refractivity contribution in [3.8, 4) is 0 Å². The van der Waals surface area contributed by atoms with Gasteiger partial charge in [-0.2, -0.15) is 0 Å². The average molecular weight is 380 g/mol. The third kappa shape index (κ3) is 3.61. The molecule has 5 heteroatoms. The van der Waals surface area contributed by atoms with Gasteiger partial charge in [-0.15, -0.1) is 0 Å². The van der Waals surface area contributed by atoms with Crippen LogP contribution in [0.15, 0.2) is 54.8 Å². The Hall–Kier alpha value is -2.82. The summed E-state index contributed by atoms with van der Waals surface area (Å²) < 4.78 is 19.3. The van der Waals surface area contributed by atoms with Gasteiger partial charge in [0.1, 0.15) is 11.4 Å². The maximum Gasteiger partial charge on any atom is 0.253 e. The van der Waals surface area contributed by atoms with Crippen molar-refractivity contribution in [2.75, 3.05) is 32.1 Å². The number of amides is 1. The van der Waals surface area contributed by atoms with Crippen molar-refractivity contribution in [2.24, 2.45) is 0 Å². The third-order valence-electron chi connectivity index (χ3n) is 5.61. The van der Waals surface area contributed by atoms with Crippen molar-refractivity contribution >= 4 is 17.2 Å². The number of carbonyl (C=O) groups is 1. The fourth-order valence-corrected chi connectivity index (χ4v) is 4.07. The van der Waals surface area contributed by atoms with Crippen LogP contribution in [0.1, 0.15) is 35.2 Å². The highest BCUT2D eigenvalue weighted by molar-refractivity contribution is 5.94. The second-order valence-electron chi connectivity index (χ2n) is 7.90. The van der Waals surface area contributed by atoms with Crippen LogP contribution < -0.4 is 4.90 Å². The molecule has 1 unspecified atom stereocenters. The zero-order valence-corrected chi connectivity index (χ0v) is 16.3. The highest BCUT2D eigenvalue weighted by Crippen LogP contribution is 2.41. The van der Waals surface area contributed by atoms with E-state index in [1.807, 2.05) is 25.3 Å². The van der Waals surface area contributed by atoms with Crippen molar-refractivity contribution in [3.63, 3.8) is 0 Å². The predicted molar refractivity (Wildman–Crippen MR) is 109 cm³/mol. The molecular formula is C23H25FN2O2. The van der Waals surface area contributed by atoms with Crippen molar-refractivity contribution in [1.82, 2.24) is 4.90 Å². The molecule has 2 aromatic rings. The van der Waals surface area contributed by atoms with Crippen LogP contribution in [0.2, 0.25) is 0 Å². The van der Waals surface area contributed by atoms with Gasteiger partial charge in [-0.3, -0.25) is 4.79 Å². The van der Waals surface area contributed by atoms with E-state index in [0.717, 1.165) is 30.5 Å². The number of anilines is 1. The molecule has 0 bridgehead atoms. The lowest BCUT2D eigenvalue weighted by Gasteiger charge is -2.39. The lowest BCUT2D eigenvalue weighted by Crippen LogP contribution is -2.50. The molecule has 28 heavy (non-hydrogen) atoms. The summed E-state index contributed by atoms with van der Waals surface area (Å²) in [6.45, 7) is 1.25. The van der Waals surface area contributed by atoms with Crippen molar-refractivity contribution in [3.05, 3.63) is 71.7 Å². The Morgan fingerprint density at radius 2 is 1.96 bits per heavy atom. The van der Waals surface area contributed by atoms with E-state index in [0.29, 0.717) is 18.7 Å². The highest BCUT2D eigenvalue weighted by atomic mass is 19.1. The van der Waals surface area contributed by atoms with Gasteiger partial charge in [0.05, 0.1) is 12.8 Å². The first-order chi connectivity index (χ1) is 13.5. The summed E-state index contributed by atoms with van der Waals surface area (Å²) in [5, 5.41) is 0. The maximum absolute atomic E-state index is 13.2. The second-order valence-corrected chi connectivity index (χ2v) is 7.90. The molecule has 2 aliphatic heterocycles. The molecule has 2 heterocycles. The standard InChI is InChI=1S/C23H25FN2O2/c1-25(2)21-6-3-5-18(13-21)19-14-23(28-15-19)11-4-12-26(16-23)22(27)17-7-9-20(24)10-8-17/h3,5-10,13,15H,4,11-12,14,16H2,1-2H3. The Morgan fingerprint density at radius 3 is 2.71 bits per heavy atom. The van der Waals surface area contributed by atoms with Gasteiger partial charge < -0.3 is 14.5 Å². The van der Waals surface area contributed by atoms with Crippen molar-refractivity contribution < 1.29 is 13.9 Å². The first-order valence-corrected chi connectivity index (χ1v) is 9.65. The summed E-state index contributed by atoms with van der Waals surface area (Å²) in [6, 6.07) is 14.2. The van der Waals surface area contributed by atoms with Gasteiger partial charge in [-0.25, -0.2) is 4.39 Å². The molecule has 2 aliphatic rings. The molecule has 1 fully saturated rings. The van der Waals surface area contributed by atoms with E-state index < -0.39 is 0 Å². The Morgan fingerprint density at radius 1 is 1.18 bits per heavy atom. The normalized spacial score (nSPS) is 21.4. The molecule has 4 rings (SSSR count). The zero-order valence-electron chi connectivity index (χ0n) is 16.3. The van der Waals surface area contributed by atoms with E-state index in [-0.39, 0.29) is 17.3 Å². The SMILES string of the molecule is CN(C)c1cccc(C2=COC3(CCCN(C(=O)c4ccc(F)cc4)C3)C2)c1. The van der Waals surface area contributed by atoms with Gasteiger partial charge in [0.2, 0.25) is 0 Å². The van der Waals surface area contributed by atoms with Crippen LogP contribution in [0.4, 0.5) is 10.1 Å². The van der Waals surface area contributed by atoms with E-state index in [1.54, 1.807) is 12.1 Å². The van der Waals surface area contributed by atoms with Crippen molar-refractivity contribution in [1.29, 1.82) is 0 Å². The molecule has 1 amide bonds. The summed E-state index contributed by atoms with van der Waals surface area (Å²) in [7, 11) is 4.06. The average Bonchev–Trinajstić information content (AvgIpc) is 3.11. The number of rotatable bonds is 3. The number of nitrogens with zero attached hydrogens (tertiary/aromatic N) is 2. The molecule has 146 valence electrons. The molecule has 1 spiro atoms. The first kappa shape index (κ1) is 18.5. The summed E-state index contributed by atoms with van der Waals surface area (Å²) in [5.41, 5.74) is 3.63. The van der Waals surface area contributed by atoms with Gasteiger partial charge in [-0.1, -0.05) is 12.1 Å². The molecule has 1 atom stereocenters. The van der Waals surface area contributed by atoms with Crippen LogP contribution in [-0.4, -0.2) is 43.6 Å². The Balaban J connectivity index is 1.48.